The summed E-state index contributed by atoms with van der Waals surface area (Å²) in [5.74, 6) is -0.635. The molecule has 0 aliphatic carbocycles. The number of urea groups is 1. The van der Waals surface area contributed by atoms with Crippen molar-refractivity contribution in [1.29, 1.82) is 0 Å². The van der Waals surface area contributed by atoms with Crippen LogP contribution in [0.25, 0.3) is 0 Å². The number of sulfonamides is 1. The van der Waals surface area contributed by atoms with Crippen LogP contribution in [0.15, 0.2) is 66.7 Å². The van der Waals surface area contributed by atoms with Crippen molar-refractivity contribution in [3.63, 3.8) is 0 Å². The molecule has 1 fully saturated rings. The Morgan fingerprint density at radius 3 is 2.20 bits per heavy atom. The van der Waals surface area contributed by atoms with Gasteiger partial charge in [-0.05, 0) is 73.4 Å². The first kappa shape index (κ1) is 30.3. The van der Waals surface area contributed by atoms with Crippen LogP contribution in [0.3, 0.4) is 0 Å². The molecule has 0 atom stereocenters. The molecule has 2 N–H and O–H groups in total. The zero-order valence-corrected chi connectivity index (χ0v) is 24.1. The van der Waals surface area contributed by atoms with E-state index in [-0.39, 0.29) is 12.1 Å². The average Bonchev–Trinajstić information content (AvgIpc) is 2.93. The van der Waals surface area contributed by atoms with Gasteiger partial charge in [0.1, 0.15) is 11.5 Å². The van der Waals surface area contributed by atoms with E-state index in [9.17, 15) is 22.0 Å². The van der Waals surface area contributed by atoms with Gasteiger partial charge < -0.3 is 10.1 Å². The van der Waals surface area contributed by atoms with Gasteiger partial charge in [-0.2, -0.15) is 0 Å². The van der Waals surface area contributed by atoms with Gasteiger partial charge >= 0.3 is 6.03 Å². The molecule has 3 aromatic carbocycles. The van der Waals surface area contributed by atoms with Crippen molar-refractivity contribution >= 4 is 27.4 Å². The minimum atomic E-state index is -3.33. The average molecular weight is 587 g/mol. The molecule has 11 heteroatoms. The molecule has 8 nitrogen and oxygen atoms in total. The van der Waals surface area contributed by atoms with Gasteiger partial charge in [-0.25, -0.2) is 22.0 Å². The van der Waals surface area contributed by atoms with Crippen LogP contribution in [0.1, 0.15) is 38.2 Å². The maximum atomic E-state index is 13.8. The third-order valence-electron chi connectivity index (χ3n) is 6.83. The van der Waals surface area contributed by atoms with Crippen molar-refractivity contribution < 1.29 is 26.7 Å². The van der Waals surface area contributed by atoms with E-state index in [4.69, 9.17) is 4.74 Å². The van der Waals surface area contributed by atoms with Crippen molar-refractivity contribution in [1.82, 2.24) is 10.2 Å². The number of benzene rings is 3. The van der Waals surface area contributed by atoms with Crippen LogP contribution in [-0.2, 0) is 16.6 Å². The molecule has 0 spiro atoms. The molecule has 41 heavy (non-hydrogen) atoms. The summed E-state index contributed by atoms with van der Waals surface area (Å²) in [4.78, 5) is 16.9. The Balaban J connectivity index is 1.25. The van der Waals surface area contributed by atoms with Gasteiger partial charge in [-0.1, -0.05) is 25.5 Å². The van der Waals surface area contributed by atoms with Crippen LogP contribution in [-0.4, -0.2) is 51.3 Å². The number of piperidine rings is 1. The van der Waals surface area contributed by atoms with Crippen molar-refractivity contribution in [2.45, 2.75) is 45.2 Å². The molecule has 0 bridgehead atoms. The van der Waals surface area contributed by atoms with Gasteiger partial charge in [0.05, 0.1) is 6.26 Å². The lowest BCUT2D eigenvalue weighted by Crippen LogP contribution is -2.49. The van der Waals surface area contributed by atoms with Gasteiger partial charge in [0.15, 0.2) is 11.6 Å². The van der Waals surface area contributed by atoms with Crippen LogP contribution in [0.2, 0.25) is 0 Å². The Morgan fingerprint density at radius 1 is 0.976 bits per heavy atom. The van der Waals surface area contributed by atoms with E-state index >= 15 is 0 Å². The van der Waals surface area contributed by atoms with Crippen LogP contribution >= 0.6 is 0 Å². The molecular formula is C30H36F2N4O4S. The summed E-state index contributed by atoms with van der Waals surface area (Å²) >= 11 is 0. The number of nitrogens with one attached hydrogen (secondary N) is 2. The highest BCUT2D eigenvalue weighted by atomic mass is 32.2. The predicted molar refractivity (Wildman–Crippen MR) is 157 cm³/mol. The molecule has 1 aliphatic heterocycles. The molecule has 0 saturated carbocycles. The Kier molecular flexibility index (Phi) is 10.2. The molecular weight excluding hydrogens is 550 g/mol. The van der Waals surface area contributed by atoms with Crippen LogP contribution in [0.5, 0.6) is 11.5 Å². The first-order valence-electron chi connectivity index (χ1n) is 13.7. The Morgan fingerprint density at radius 2 is 1.61 bits per heavy atom. The van der Waals surface area contributed by atoms with Crippen molar-refractivity contribution in [3.8, 4) is 11.5 Å². The maximum absolute atomic E-state index is 13.8. The van der Waals surface area contributed by atoms with Crippen molar-refractivity contribution in [2.24, 2.45) is 0 Å². The summed E-state index contributed by atoms with van der Waals surface area (Å²) in [6, 6.07) is 17.8. The molecule has 220 valence electrons. The molecule has 0 aromatic heterocycles. The van der Waals surface area contributed by atoms with Gasteiger partial charge in [0.25, 0.3) is 0 Å². The Labute approximate surface area is 240 Å². The standard InChI is InChI=1S/C30H36F2N4O4S/c1-3-4-17-36(25-9-14-28(31)29(32)20-25)30(37)33-23-15-18-35(19-16-23)21-22-5-10-26(11-6-22)40-27-12-7-24(8-13-27)34-41(2,38)39/h5-14,20,23,34H,3-4,15-19,21H2,1-2H3,(H,33,37). The second kappa shape index (κ2) is 13.8. The lowest BCUT2D eigenvalue weighted by Gasteiger charge is -2.34. The van der Waals surface area contributed by atoms with E-state index in [1.165, 1.54) is 11.0 Å². The summed E-state index contributed by atoms with van der Waals surface area (Å²) in [5, 5.41) is 3.08. The van der Waals surface area contributed by atoms with E-state index in [0.717, 1.165) is 69.3 Å². The molecule has 1 saturated heterocycles. The molecule has 0 unspecified atom stereocenters. The maximum Gasteiger partial charge on any atom is 0.322 e. The van der Waals surface area contributed by atoms with E-state index in [1.54, 1.807) is 24.3 Å². The fraction of sp³-hybridized carbons (Fsp3) is 0.367. The molecule has 0 radical (unpaired) electrons. The highest BCUT2D eigenvalue weighted by molar-refractivity contribution is 7.92. The highest BCUT2D eigenvalue weighted by Gasteiger charge is 2.24. The number of carbonyl (C=O) groups is 1. The summed E-state index contributed by atoms with van der Waals surface area (Å²) in [6.07, 6.45) is 4.30. The summed E-state index contributed by atoms with van der Waals surface area (Å²) < 4.78 is 58.2. The van der Waals surface area contributed by atoms with E-state index in [2.05, 4.69) is 14.9 Å². The molecule has 1 aliphatic rings. The van der Waals surface area contributed by atoms with Crippen molar-refractivity contribution in [2.75, 3.05) is 35.5 Å². The molecule has 1 heterocycles. The third kappa shape index (κ3) is 9.15. The van der Waals surface area contributed by atoms with Gasteiger partial charge in [-0.15, -0.1) is 0 Å². The van der Waals surface area contributed by atoms with Gasteiger partial charge in [0.2, 0.25) is 10.0 Å². The smallest absolute Gasteiger partial charge is 0.322 e. The van der Waals surface area contributed by atoms with Gasteiger partial charge in [-0.3, -0.25) is 14.5 Å². The number of ether oxygens (including phenoxy) is 1. The topological polar surface area (TPSA) is 91.0 Å². The van der Waals surface area contributed by atoms with Crippen LogP contribution in [0.4, 0.5) is 25.0 Å². The van der Waals surface area contributed by atoms with Crippen molar-refractivity contribution in [3.05, 3.63) is 83.9 Å². The number of anilines is 2. The highest BCUT2D eigenvalue weighted by Crippen LogP contribution is 2.25. The second-order valence-electron chi connectivity index (χ2n) is 10.2. The molecule has 3 aromatic rings. The summed E-state index contributed by atoms with van der Waals surface area (Å²) in [5.41, 5.74) is 1.95. The van der Waals surface area contributed by atoms with E-state index in [0.29, 0.717) is 29.4 Å². The minimum Gasteiger partial charge on any atom is -0.457 e. The van der Waals surface area contributed by atoms with Crippen LogP contribution < -0.4 is 19.7 Å². The van der Waals surface area contributed by atoms with Gasteiger partial charge in [0, 0.05) is 49.7 Å². The number of likely N-dealkylation sites (tertiary alicyclic amines) is 1. The fourth-order valence-electron chi connectivity index (χ4n) is 4.67. The summed E-state index contributed by atoms with van der Waals surface area (Å²) in [7, 11) is -3.33. The third-order valence-corrected chi connectivity index (χ3v) is 7.44. The zero-order valence-electron chi connectivity index (χ0n) is 23.3. The number of rotatable bonds is 11. The normalized spacial score (nSPS) is 14.4. The number of nitrogens with zero attached hydrogens (tertiary/aromatic N) is 2. The lowest BCUT2D eigenvalue weighted by atomic mass is 10.0. The number of amides is 2. The number of hydrogen-bond acceptors (Lipinski definition) is 5. The Hall–Kier alpha value is -3.70. The second-order valence-corrected chi connectivity index (χ2v) is 12.0. The summed E-state index contributed by atoms with van der Waals surface area (Å²) in [6.45, 7) is 4.84. The SMILES string of the molecule is CCCCN(C(=O)NC1CCN(Cc2ccc(Oc3ccc(NS(C)(=O)=O)cc3)cc2)CC1)c1ccc(F)c(F)c1. The fourth-order valence-corrected chi connectivity index (χ4v) is 5.23. The zero-order chi connectivity index (χ0) is 29.4. The van der Waals surface area contributed by atoms with E-state index < -0.39 is 21.7 Å². The molecule has 4 rings (SSSR count). The van der Waals surface area contributed by atoms with E-state index in [1.807, 2.05) is 31.2 Å². The Bertz CT molecular complexity index is 1410. The lowest BCUT2D eigenvalue weighted by molar-refractivity contribution is 0.188. The number of carbonyl (C=O) groups excluding carboxylic acids is 1. The number of halogens is 2. The first-order chi connectivity index (χ1) is 19.6. The monoisotopic (exact) mass is 586 g/mol. The van der Waals surface area contributed by atoms with Crippen LogP contribution in [0, 0.1) is 11.6 Å². The predicted octanol–water partition coefficient (Wildman–Crippen LogP) is 6.11. The first-order valence-corrected chi connectivity index (χ1v) is 15.6. The molecule has 2 amide bonds. The number of hydrogen-bond donors (Lipinski definition) is 2. The minimum absolute atomic E-state index is 0.00275. The largest absolute Gasteiger partial charge is 0.457 e. The quantitative estimate of drug-likeness (QED) is 0.283. The number of unbranched alkanes of at least 4 members (excludes halogenated alkanes) is 1.